The first-order valence-electron chi connectivity index (χ1n) is 9.46. The molecular weight excluding hydrogens is 469 g/mol. The van der Waals surface area contributed by atoms with Gasteiger partial charge in [-0.3, -0.25) is 4.68 Å². The largest absolute Gasteiger partial charge is 0.466 e. The maximum absolute atomic E-state index is 10.8. The van der Waals surface area contributed by atoms with E-state index in [9.17, 15) is 5.11 Å². The van der Waals surface area contributed by atoms with E-state index in [0.29, 0.717) is 5.96 Å². The predicted octanol–water partition coefficient (Wildman–Crippen LogP) is 2.87. The molecule has 0 saturated heterocycles. The number of furan rings is 1. The van der Waals surface area contributed by atoms with E-state index in [4.69, 9.17) is 4.42 Å². The molecular formula is C20H34IN5O2. The van der Waals surface area contributed by atoms with Crippen LogP contribution in [0.4, 0.5) is 0 Å². The highest BCUT2D eigenvalue weighted by atomic mass is 127. The van der Waals surface area contributed by atoms with Crippen LogP contribution in [0.1, 0.15) is 47.9 Å². The zero-order valence-electron chi connectivity index (χ0n) is 18.0. The third-order valence-corrected chi connectivity index (χ3v) is 4.84. The molecule has 0 radical (unpaired) electrons. The van der Waals surface area contributed by atoms with Crippen LogP contribution in [-0.4, -0.2) is 40.5 Å². The van der Waals surface area contributed by atoms with Crippen LogP contribution < -0.4 is 10.6 Å². The summed E-state index contributed by atoms with van der Waals surface area (Å²) in [4.78, 5) is 4.58. The SMILES string of the molecule is CCNC(=NCC(C)(O)c1cc(C)oc1C)NCCc1c(C)nn(C)c1C.I. The number of hydrogen-bond donors (Lipinski definition) is 3. The molecule has 0 bridgehead atoms. The smallest absolute Gasteiger partial charge is 0.191 e. The standard InChI is InChI=1S/C20H33N5O2.HI/c1-8-21-19(22-10-9-17-14(3)24-25(7)15(17)4)23-12-20(6,26)18-11-13(2)27-16(18)5;/h11,26H,8-10,12H2,1-7H3,(H2,21,22,23);1H. The minimum atomic E-state index is -1.08. The lowest BCUT2D eigenvalue weighted by atomic mass is 9.96. The lowest BCUT2D eigenvalue weighted by Crippen LogP contribution is -2.39. The van der Waals surface area contributed by atoms with E-state index in [0.717, 1.165) is 42.3 Å². The van der Waals surface area contributed by atoms with Crippen LogP contribution >= 0.6 is 24.0 Å². The Morgan fingerprint density at radius 3 is 2.46 bits per heavy atom. The van der Waals surface area contributed by atoms with Gasteiger partial charge in [0.2, 0.25) is 0 Å². The van der Waals surface area contributed by atoms with Gasteiger partial charge >= 0.3 is 0 Å². The summed E-state index contributed by atoms with van der Waals surface area (Å²) in [6.45, 7) is 13.4. The van der Waals surface area contributed by atoms with Crippen molar-refractivity contribution in [1.29, 1.82) is 0 Å². The Hall–Kier alpha value is -1.55. The molecule has 1 unspecified atom stereocenters. The molecule has 0 amide bonds. The molecule has 28 heavy (non-hydrogen) atoms. The minimum absolute atomic E-state index is 0. The van der Waals surface area contributed by atoms with Gasteiger partial charge in [-0.1, -0.05) is 0 Å². The maximum Gasteiger partial charge on any atom is 0.191 e. The molecule has 0 saturated carbocycles. The van der Waals surface area contributed by atoms with Gasteiger partial charge in [0.1, 0.15) is 17.1 Å². The Morgan fingerprint density at radius 1 is 1.29 bits per heavy atom. The molecule has 2 heterocycles. The molecule has 2 aromatic rings. The molecule has 2 aromatic heterocycles. The summed E-state index contributed by atoms with van der Waals surface area (Å²) in [6.07, 6.45) is 0.867. The second-order valence-electron chi connectivity index (χ2n) is 7.25. The van der Waals surface area contributed by atoms with E-state index in [1.54, 1.807) is 6.92 Å². The first-order valence-corrected chi connectivity index (χ1v) is 9.46. The number of guanidine groups is 1. The van der Waals surface area contributed by atoms with Crippen molar-refractivity contribution < 1.29 is 9.52 Å². The first kappa shape index (κ1) is 24.5. The molecule has 158 valence electrons. The molecule has 0 aliphatic rings. The number of rotatable bonds is 7. The van der Waals surface area contributed by atoms with Crippen LogP contribution in [0.5, 0.6) is 0 Å². The van der Waals surface area contributed by atoms with Crippen molar-refractivity contribution in [2.45, 2.75) is 53.6 Å². The summed E-state index contributed by atoms with van der Waals surface area (Å²) in [6, 6.07) is 1.87. The van der Waals surface area contributed by atoms with Crippen LogP contribution in [-0.2, 0) is 19.1 Å². The Labute approximate surface area is 185 Å². The topological polar surface area (TPSA) is 87.6 Å². The highest BCUT2D eigenvalue weighted by Gasteiger charge is 2.27. The van der Waals surface area contributed by atoms with Gasteiger partial charge < -0.3 is 20.2 Å². The van der Waals surface area contributed by atoms with E-state index < -0.39 is 5.60 Å². The van der Waals surface area contributed by atoms with Gasteiger partial charge in [-0.15, -0.1) is 24.0 Å². The number of aromatic nitrogens is 2. The summed E-state index contributed by atoms with van der Waals surface area (Å²) >= 11 is 0. The zero-order chi connectivity index (χ0) is 20.2. The van der Waals surface area contributed by atoms with Crippen molar-refractivity contribution in [3.63, 3.8) is 0 Å². The zero-order valence-corrected chi connectivity index (χ0v) is 20.3. The second-order valence-corrected chi connectivity index (χ2v) is 7.25. The fraction of sp³-hybridized carbons (Fsp3) is 0.600. The van der Waals surface area contributed by atoms with Gasteiger partial charge in [0.25, 0.3) is 0 Å². The number of aliphatic hydroxyl groups is 1. The monoisotopic (exact) mass is 503 g/mol. The fourth-order valence-electron chi connectivity index (χ4n) is 3.31. The average Bonchev–Trinajstić information content (AvgIpc) is 3.05. The van der Waals surface area contributed by atoms with Gasteiger partial charge in [0.15, 0.2) is 5.96 Å². The van der Waals surface area contributed by atoms with Crippen molar-refractivity contribution in [1.82, 2.24) is 20.4 Å². The molecule has 1 atom stereocenters. The molecule has 0 aliphatic heterocycles. The Kier molecular flexibility index (Phi) is 9.00. The summed E-state index contributed by atoms with van der Waals surface area (Å²) in [5.74, 6) is 2.21. The summed E-state index contributed by atoms with van der Waals surface area (Å²) < 4.78 is 7.46. The Bertz CT molecular complexity index is 808. The minimum Gasteiger partial charge on any atom is -0.466 e. The highest BCUT2D eigenvalue weighted by molar-refractivity contribution is 14.0. The van der Waals surface area contributed by atoms with Crippen molar-refractivity contribution in [3.8, 4) is 0 Å². The molecule has 7 nitrogen and oxygen atoms in total. The van der Waals surface area contributed by atoms with E-state index in [1.165, 1.54) is 11.3 Å². The van der Waals surface area contributed by atoms with E-state index in [1.807, 2.05) is 45.5 Å². The van der Waals surface area contributed by atoms with Crippen LogP contribution in [0, 0.1) is 27.7 Å². The molecule has 0 aromatic carbocycles. The van der Waals surface area contributed by atoms with Gasteiger partial charge in [0.05, 0.1) is 12.2 Å². The predicted molar refractivity (Wildman–Crippen MR) is 124 cm³/mol. The molecule has 0 spiro atoms. The highest BCUT2D eigenvalue weighted by Crippen LogP contribution is 2.27. The second kappa shape index (κ2) is 10.3. The third kappa shape index (κ3) is 5.97. The number of aryl methyl sites for hydroxylation is 4. The van der Waals surface area contributed by atoms with E-state index in [-0.39, 0.29) is 30.5 Å². The number of aliphatic imine (C=N–C) groups is 1. The summed E-state index contributed by atoms with van der Waals surface area (Å²) in [5.41, 5.74) is 3.21. The van der Waals surface area contributed by atoms with Crippen LogP contribution in [0.3, 0.4) is 0 Å². The molecule has 8 heteroatoms. The molecule has 2 rings (SSSR count). The van der Waals surface area contributed by atoms with Crippen molar-refractivity contribution in [3.05, 3.63) is 40.1 Å². The quantitative estimate of drug-likeness (QED) is 0.307. The van der Waals surface area contributed by atoms with Crippen molar-refractivity contribution in [2.24, 2.45) is 12.0 Å². The Balaban J connectivity index is 0.00000392. The number of nitrogens with one attached hydrogen (secondary N) is 2. The fourth-order valence-corrected chi connectivity index (χ4v) is 3.31. The van der Waals surface area contributed by atoms with E-state index in [2.05, 4.69) is 27.6 Å². The number of halogens is 1. The van der Waals surface area contributed by atoms with Crippen LogP contribution in [0.15, 0.2) is 15.5 Å². The molecule has 0 fully saturated rings. The first-order chi connectivity index (χ1) is 12.7. The number of nitrogens with zero attached hydrogens (tertiary/aromatic N) is 3. The molecule has 0 aliphatic carbocycles. The molecule has 3 N–H and O–H groups in total. The van der Waals surface area contributed by atoms with Crippen molar-refractivity contribution >= 4 is 29.9 Å². The van der Waals surface area contributed by atoms with Gasteiger partial charge in [-0.25, -0.2) is 4.99 Å². The van der Waals surface area contributed by atoms with Crippen molar-refractivity contribution in [2.75, 3.05) is 19.6 Å². The number of hydrogen-bond acceptors (Lipinski definition) is 4. The third-order valence-electron chi connectivity index (χ3n) is 4.84. The summed E-state index contributed by atoms with van der Waals surface area (Å²) in [5, 5.41) is 21.9. The maximum atomic E-state index is 10.8. The Morgan fingerprint density at radius 2 is 1.96 bits per heavy atom. The normalized spacial score (nSPS) is 13.8. The average molecular weight is 503 g/mol. The lowest BCUT2D eigenvalue weighted by molar-refractivity contribution is 0.0657. The van der Waals surface area contributed by atoms with Crippen LogP contribution in [0.2, 0.25) is 0 Å². The van der Waals surface area contributed by atoms with Gasteiger partial charge in [-0.2, -0.15) is 5.10 Å². The lowest BCUT2D eigenvalue weighted by Gasteiger charge is -2.21. The van der Waals surface area contributed by atoms with Gasteiger partial charge in [0, 0.05) is 31.4 Å². The van der Waals surface area contributed by atoms with E-state index >= 15 is 0 Å². The summed E-state index contributed by atoms with van der Waals surface area (Å²) in [7, 11) is 1.96. The van der Waals surface area contributed by atoms with Gasteiger partial charge in [-0.05, 0) is 59.6 Å². The van der Waals surface area contributed by atoms with Crippen LogP contribution in [0.25, 0.3) is 0 Å².